The summed E-state index contributed by atoms with van der Waals surface area (Å²) in [6, 6.07) is 6.30. The first-order valence-electron chi connectivity index (χ1n) is 9.79. The smallest absolute Gasteiger partial charge is 0.334 e. The number of piperazine rings is 1. The van der Waals surface area contributed by atoms with Crippen molar-refractivity contribution in [1.29, 1.82) is 0 Å². The maximum Gasteiger partial charge on any atom is 0.334 e. The van der Waals surface area contributed by atoms with Crippen molar-refractivity contribution < 1.29 is 9.72 Å². The summed E-state index contributed by atoms with van der Waals surface area (Å²) < 4.78 is 1.68. The van der Waals surface area contributed by atoms with Crippen LogP contribution in [0, 0.1) is 10.1 Å². The molecule has 0 spiro atoms. The van der Waals surface area contributed by atoms with Gasteiger partial charge in [0.25, 0.3) is 5.69 Å². The van der Waals surface area contributed by atoms with Gasteiger partial charge in [0.15, 0.2) is 0 Å². The molecule has 2 amide bonds. The van der Waals surface area contributed by atoms with Crippen LogP contribution in [0.4, 0.5) is 22.1 Å². The zero-order chi connectivity index (χ0) is 21.1. The molecule has 0 bridgehead atoms. The molecule has 3 heterocycles. The van der Waals surface area contributed by atoms with E-state index in [0.717, 1.165) is 50.0 Å². The molecule has 10 nitrogen and oxygen atoms in total. The first kappa shape index (κ1) is 20.4. The standard InChI is InChI=1S/C19H23N7O3S/c1-22-16-5-4-15(26(28)29)14-17(16)30-25(19(22)27)9-3-8-23-10-12-24(13-11-23)18-20-6-2-7-21-18/h2,4-7,14H,3,8-13H2,1H3. The number of benzene rings is 1. The summed E-state index contributed by atoms with van der Waals surface area (Å²) in [4.78, 5) is 38.7. The van der Waals surface area contributed by atoms with E-state index in [1.165, 1.54) is 24.1 Å². The van der Waals surface area contributed by atoms with Crippen molar-refractivity contribution in [2.75, 3.05) is 56.1 Å². The van der Waals surface area contributed by atoms with Crippen LogP contribution in [-0.4, -0.2) is 76.4 Å². The summed E-state index contributed by atoms with van der Waals surface area (Å²) in [6.07, 6.45) is 4.34. The lowest BCUT2D eigenvalue weighted by molar-refractivity contribution is -0.385. The number of carbonyl (C=O) groups is 1. The first-order chi connectivity index (χ1) is 14.5. The van der Waals surface area contributed by atoms with Crippen molar-refractivity contribution in [2.24, 2.45) is 0 Å². The Bertz CT molecular complexity index is 922. The Hall–Kier alpha value is -2.92. The van der Waals surface area contributed by atoms with E-state index >= 15 is 0 Å². The van der Waals surface area contributed by atoms with Gasteiger partial charge >= 0.3 is 6.03 Å². The number of non-ortho nitro benzene ring substituents is 1. The highest BCUT2D eigenvalue weighted by molar-refractivity contribution is 7.97. The maximum atomic E-state index is 12.7. The highest BCUT2D eigenvalue weighted by atomic mass is 32.2. The number of fused-ring (bicyclic) bond motifs is 1. The predicted octanol–water partition coefficient (Wildman–Crippen LogP) is 2.48. The Morgan fingerprint density at radius 2 is 1.87 bits per heavy atom. The molecule has 0 radical (unpaired) electrons. The van der Waals surface area contributed by atoms with E-state index in [1.54, 1.807) is 34.7 Å². The number of hydrogen-bond donors (Lipinski definition) is 0. The maximum absolute atomic E-state index is 12.7. The largest absolute Gasteiger partial charge is 0.338 e. The van der Waals surface area contributed by atoms with Gasteiger partial charge in [0.05, 0.1) is 15.5 Å². The number of rotatable bonds is 6. The molecule has 1 aromatic carbocycles. The summed E-state index contributed by atoms with van der Waals surface area (Å²) >= 11 is 1.28. The fourth-order valence-corrected chi connectivity index (χ4v) is 4.73. The third-order valence-corrected chi connectivity index (χ3v) is 6.35. The van der Waals surface area contributed by atoms with E-state index in [0.29, 0.717) is 12.2 Å². The van der Waals surface area contributed by atoms with Crippen LogP contribution in [0.15, 0.2) is 41.6 Å². The fraction of sp³-hybridized carbons (Fsp3) is 0.421. The van der Waals surface area contributed by atoms with Crippen molar-refractivity contribution in [2.45, 2.75) is 11.3 Å². The summed E-state index contributed by atoms with van der Waals surface area (Å²) in [5.41, 5.74) is 0.732. The van der Waals surface area contributed by atoms with Gasteiger partial charge in [0, 0.05) is 70.8 Å². The third-order valence-electron chi connectivity index (χ3n) is 5.27. The second-order valence-corrected chi connectivity index (χ2v) is 8.24. The zero-order valence-electron chi connectivity index (χ0n) is 16.7. The predicted molar refractivity (Wildman–Crippen MR) is 115 cm³/mol. The van der Waals surface area contributed by atoms with Gasteiger partial charge < -0.3 is 4.90 Å². The molecule has 1 saturated heterocycles. The van der Waals surface area contributed by atoms with Gasteiger partial charge in [-0.15, -0.1) is 0 Å². The topological polar surface area (TPSA) is 99.0 Å². The van der Waals surface area contributed by atoms with Crippen LogP contribution in [0.3, 0.4) is 0 Å². The fourth-order valence-electron chi connectivity index (χ4n) is 3.60. The summed E-state index contributed by atoms with van der Waals surface area (Å²) in [5.74, 6) is 0.767. The lowest BCUT2D eigenvalue weighted by Gasteiger charge is -2.36. The minimum absolute atomic E-state index is 0.0317. The number of urea groups is 1. The second kappa shape index (κ2) is 8.84. The van der Waals surface area contributed by atoms with Crippen molar-refractivity contribution in [1.82, 2.24) is 19.2 Å². The molecule has 11 heteroatoms. The number of carbonyl (C=O) groups excluding carboxylic acids is 1. The van der Waals surface area contributed by atoms with Gasteiger partial charge in [-0.1, -0.05) is 0 Å². The Kier molecular flexibility index (Phi) is 6.00. The average Bonchev–Trinajstić information content (AvgIpc) is 2.77. The van der Waals surface area contributed by atoms with Gasteiger partial charge in [0.1, 0.15) is 0 Å². The number of anilines is 2. The molecular weight excluding hydrogens is 406 g/mol. The Morgan fingerprint density at radius 3 is 2.57 bits per heavy atom. The molecule has 2 aliphatic heterocycles. The molecule has 4 rings (SSSR count). The van der Waals surface area contributed by atoms with Crippen molar-refractivity contribution in [3.05, 3.63) is 46.8 Å². The molecule has 2 aromatic rings. The van der Waals surface area contributed by atoms with Crippen LogP contribution in [0.5, 0.6) is 0 Å². The summed E-state index contributed by atoms with van der Waals surface area (Å²) in [6.45, 7) is 5.07. The number of aromatic nitrogens is 2. The molecular formula is C19H23N7O3S. The molecule has 158 valence electrons. The van der Waals surface area contributed by atoms with Crippen LogP contribution in [0.2, 0.25) is 0 Å². The summed E-state index contributed by atoms with van der Waals surface area (Å²) in [5, 5.41) is 11.1. The highest BCUT2D eigenvalue weighted by Gasteiger charge is 2.30. The van der Waals surface area contributed by atoms with E-state index < -0.39 is 4.92 Å². The molecule has 0 atom stereocenters. The molecule has 0 N–H and O–H groups in total. The summed E-state index contributed by atoms with van der Waals surface area (Å²) in [7, 11) is 1.70. The lowest BCUT2D eigenvalue weighted by Crippen LogP contribution is -2.48. The van der Waals surface area contributed by atoms with Gasteiger partial charge in [-0.2, -0.15) is 0 Å². The van der Waals surface area contributed by atoms with Crippen LogP contribution >= 0.6 is 11.9 Å². The lowest BCUT2D eigenvalue weighted by atomic mass is 10.2. The van der Waals surface area contributed by atoms with Crippen LogP contribution in [0.25, 0.3) is 0 Å². The molecule has 1 aromatic heterocycles. The van der Waals surface area contributed by atoms with Crippen molar-refractivity contribution in [3.63, 3.8) is 0 Å². The Balaban J connectivity index is 1.29. The zero-order valence-corrected chi connectivity index (χ0v) is 17.5. The van der Waals surface area contributed by atoms with E-state index in [4.69, 9.17) is 0 Å². The third kappa shape index (κ3) is 4.31. The highest BCUT2D eigenvalue weighted by Crippen LogP contribution is 2.40. The molecule has 30 heavy (non-hydrogen) atoms. The molecule has 0 aliphatic carbocycles. The minimum Gasteiger partial charge on any atom is -0.338 e. The molecule has 1 fully saturated rings. The number of hydrogen-bond acceptors (Lipinski definition) is 8. The van der Waals surface area contributed by atoms with Gasteiger partial charge in [0.2, 0.25) is 5.95 Å². The van der Waals surface area contributed by atoms with E-state index in [-0.39, 0.29) is 11.7 Å². The number of nitro groups is 1. The van der Waals surface area contributed by atoms with Gasteiger partial charge in [-0.05, 0) is 30.5 Å². The normalized spacial score (nSPS) is 17.2. The SMILES string of the molecule is CN1C(=O)N(CCCN2CCN(c3ncccn3)CC2)Sc2cc([N+](=O)[O-])ccc21. The second-order valence-electron chi connectivity index (χ2n) is 7.18. The Morgan fingerprint density at radius 1 is 1.13 bits per heavy atom. The molecule has 2 aliphatic rings. The van der Waals surface area contributed by atoms with Crippen LogP contribution in [-0.2, 0) is 0 Å². The van der Waals surface area contributed by atoms with Gasteiger partial charge in [-0.3, -0.25) is 24.2 Å². The quantitative estimate of drug-likeness (QED) is 0.392. The minimum atomic E-state index is -0.415. The van der Waals surface area contributed by atoms with Gasteiger partial charge in [-0.25, -0.2) is 14.8 Å². The monoisotopic (exact) mass is 429 g/mol. The van der Waals surface area contributed by atoms with Crippen molar-refractivity contribution in [3.8, 4) is 0 Å². The number of amides is 2. The van der Waals surface area contributed by atoms with E-state index in [2.05, 4.69) is 19.8 Å². The van der Waals surface area contributed by atoms with E-state index in [1.807, 2.05) is 6.07 Å². The molecule has 0 unspecified atom stereocenters. The average molecular weight is 430 g/mol. The number of nitro benzene ring substituents is 1. The van der Waals surface area contributed by atoms with Crippen LogP contribution < -0.4 is 9.80 Å². The van der Waals surface area contributed by atoms with Crippen LogP contribution in [0.1, 0.15) is 6.42 Å². The number of nitrogens with zero attached hydrogens (tertiary/aromatic N) is 7. The van der Waals surface area contributed by atoms with Crippen molar-refractivity contribution >= 4 is 35.3 Å². The Labute approximate surface area is 178 Å². The molecule has 0 saturated carbocycles. The first-order valence-corrected chi connectivity index (χ1v) is 10.6. The van der Waals surface area contributed by atoms with E-state index in [9.17, 15) is 14.9 Å².